The molecule has 65 valence electrons. The Bertz CT molecular complexity index is 217. The van der Waals surface area contributed by atoms with Gasteiger partial charge in [-0.2, -0.15) is 0 Å². The van der Waals surface area contributed by atoms with Crippen LogP contribution in [0.1, 0.15) is 10.5 Å². The molecule has 11 heavy (non-hydrogen) atoms. The monoisotopic (exact) mass is 373 g/mol. The molecular weight excluding hydrogens is 368 g/mol. The second-order valence-electron chi connectivity index (χ2n) is 1.46. The molecule has 5 heteroatoms. The van der Waals surface area contributed by atoms with Crippen molar-refractivity contribution in [2.75, 3.05) is 0 Å². The third-order valence-corrected chi connectivity index (χ3v) is 1.43. The quantitative estimate of drug-likeness (QED) is 0.748. The van der Waals surface area contributed by atoms with Crippen molar-refractivity contribution < 1.29 is 24.6 Å². The zero-order valence-electron chi connectivity index (χ0n) is 5.30. The first-order valence-electron chi connectivity index (χ1n) is 2.38. The number of rotatable bonds is 1. The molecule has 0 aliphatic rings. The average molecular weight is 374 g/mol. The summed E-state index contributed by atoms with van der Waals surface area (Å²) in [4.78, 5) is 14.4. The van der Waals surface area contributed by atoms with E-state index in [2.05, 4.69) is 4.98 Å². The normalized spacial score (nSPS) is 7.45. The Kier molecular flexibility index (Phi) is 8.42. The predicted octanol–water partition coefficient (Wildman–Crippen LogP) is 1.61. The van der Waals surface area contributed by atoms with Gasteiger partial charge in [-0.1, -0.05) is 0 Å². The van der Waals surface area contributed by atoms with Crippen molar-refractivity contribution in [2.24, 2.45) is 0 Å². The fraction of sp³-hybridized carbons (Fsp3) is 0. The molecule has 0 radical (unpaired) electrons. The molecule has 0 aliphatic heterocycles. The molecule has 0 aliphatic carbocycles. The number of aromatic nitrogens is 1. The molecule has 0 aromatic carbocycles. The van der Waals surface area contributed by atoms with Crippen LogP contribution in [0.3, 0.4) is 0 Å². The van der Waals surface area contributed by atoms with E-state index in [0.29, 0.717) is 5.69 Å². The Morgan fingerprint density at radius 2 is 2.00 bits per heavy atom. The Morgan fingerprint density at radius 3 is 2.27 bits per heavy atom. The van der Waals surface area contributed by atoms with E-state index in [9.17, 15) is 4.79 Å². The van der Waals surface area contributed by atoms with E-state index in [4.69, 9.17) is 0 Å². The number of carbonyl (C=O) groups is 1. The van der Waals surface area contributed by atoms with Crippen LogP contribution in [0.2, 0.25) is 0 Å². The van der Waals surface area contributed by atoms with Crippen molar-refractivity contribution in [3.8, 4) is 0 Å². The van der Waals surface area contributed by atoms with Crippen molar-refractivity contribution in [1.82, 2.24) is 4.98 Å². The van der Waals surface area contributed by atoms with Crippen LogP contribution in [0.15, 0.2) is 24.4 Å². The van der Waals surface area contributed by atoms with Gasteiger partial charge < -0.3 is 0 Å². The van der Waals surface area contributed by atoms with E-state index < -0.39 is 0 Å². The third kappa shape index (κ3) is 4.52. The van der Waals surface area contributed by atoms with Crippen molar-refractivity contribution >= 4 is 29.0 Å². The van der Waals surface area contributed by atoms with E-state index >= 15 is 0 Å². The summed E-state index contributed by atoms with van der Waals surface area (Å²) in [6.45, 7) is 0. The molecule has 0 bridgehead atoms. The van der Waals surface area contributed by atoms with E-state index in [0.717, 1.165) is 0 Å². The number of carbonyl (C=O) groups excluding carboxylic acids is 1. The second-order valence-corrected chi connectivity index (χ2v) is 2.49. The molecule has 1 rings (SSSR count). The Hall–Kier alpha value is 0.0883. The van der Waals surface area contributed by atoms with E-state index in [1.165, 1.54) is 0 Å². The molecule has 0 saturated carbocycles. The molecule has 0 saturated heterocycles. The van der Waals surface area contributed by atoms with Gasteiger partial charge in [-0.15, -0.1) is 24.8 Å². The first-order valence-corrected chi connectivity index (χ1v) is 3.52. The summed E-state index contributed by atoms with van der Waals surface area (Å²) in [6, 6.07) is 5.26. The van der Waals surface area contributed by atoms with Gasteiger partial charge in [0.15, 0.2) is 0 Å². The van der Waals surface area contributed by atoms with Gasteiger partial charge in [0.2, 0.25) is 0 Å². The van der Waals surface area contributed by atoms with Gasteiger partial charge in [-0.25, -0.2) is 0 Å². The standard InChI is InChI=1S/C6H4NO.2ClH.Pt/c8-5-6-3-1-2-4-7-6;;;/h1-4H;2*1H;. The van der Waals surface area contributed by atoms with Gasteiger partial charge in [-0.05, 0) is 0 Å². The maximum atomic E-state index is 10.6. The number of halogens is 2. The Balaban J connectivity index is 0. The fourth-order valence-corrected chi connectivity index (χ4v) is 0.806. The van der Waals surface area contributed by atoms with Crippen LogP contribution in [0, 0.1) is 0 Å². The average Bonchev–Trinajstić information content (AvgIpc) is 1.90. The molecule has 0 spiro atoms. The molecule has 2 nitrogen and oxygen atoms in total. The summed E-state index contributed by atoms with van der Waals surface area (Å²) in [5.74, 6) is 0. The molecule has 1 heterocycles. The third-order valence-electron chi connectivity index (χ3n) is 0.850. The van der Waals surface area contributed by atoms with Crippen LogP contribution >= 0.6 is 24.8 Å². The molecule has 0 N–H and O–H groups in total. The number of hydrogen-bond acceptors (Lipinski definition) is 2. The van der Waals surface area contributed by atoms with E-state index in [1.807, 2.05) is 0 Å². The zero-order valence-corrected chi connectivity index (χ0v) is 9.20. The summed E-state index contributed by atoms with van der Waals surface area (Å²) < 4.78 is -0.0180. The van der Waals surface area contributed by atoms with Crippen molar-refractivity contribution in [3.63, 3.8) is 0 Å². The first-order chi connectivity index (χ1) is 4.30. The number of hydrogen-bond donors (Lipinski definition) is 0. The Morgan fingerprint density at radius 1 is 1.36 bits per heavy atom. The molecule has 1 aromatic heterocycles. The second kappa shape index (κ2) is 6.78. The summed E-state index contributed by atoms with van der Waals surface area (Å²) in [6.07, 6.45) is 1.60. The summed E-state index contributed by atoms with van der Waals surface area (Å²) in [7, 11) is 0. The van der Waals surface area contributed by atoms with Crippen LogP contribution in [0.4, 0.5) is 0 Å². The Labute approximate surface area is 88.5 Å². The van der Waals surface area contributed by atoms with Crippen LogP contribution in [0.5, 0.6) is 0 Å². The van der Waals surface area contributed by atoms with Crippen LogP contribution in [-0.4, -0.2) is 9.16 Å². The van der Waals surface area contributed by atoms with Crippen molar-refractivity contribution in [3.05, 3.63) is 30.1 Å². The SMILES string of the molecule is Cl.Cl.O=[C]([Pt])c1ccccn1. The minimum absolute atomic E-state index is 0. The predicted molar refractivity (Wildman–Crippen MR) is 43.1 cm³/mol. The van der Waals surface area contributed by atoms with Crippen LogP contribution in [0.25, 0.3) is 0 Å². The molecule has 1 aromatic rings. The van der Waals surface area contributed by atoms with Crippen molar-refractivity contribution in [2.45, 2.75) is 0 Å². The van der Waals surface area contributed by atoms with E-state index in [1.54, 1.807) is 44.2 Å². The van der Waals surface area contributed by atoms with Gasteiger partial charge in [0.25, 0.3) is 0 Å². The van der Waals surface area contributed by atoms with Gasteiger partial charge in [-0.3, -0.25) is 0 Å². The van der Waals surface area contributed by atoms with E-state index in [-0.39, 0.29) is 29.0 Å². The maximum absolute atomic E-state index is 10.6. The molecular formula is C6H6Cl2NOPt. The van der Waals surface area contributed by atoms with Gasteiger partial charge in [0.05, 0.1) is 0 Å². The van der Waals surface area contributed by atoms with Gasteiger partial charge in [0, 0.05) is 0 Å². The van der Waals surface area contributed by atoms with Crippen LogP contribution in [-0.2, 0) is 19.8 Å². The fourth-order valence-electron chi connectivity index (χ4n) is 0.470. The summed E-state index contributed by atoms with van der Waals surface area (Å²) in [5.41, 5.74) is 0.513. The topological polar surface area (TPSA) is 30.0 Å². The number of pyridine rings is 1. The first kappa shape index (κ1) is 13.7. The molecule has 0 amide bonds. The molecule has 0 atom stereocenters. The minimum atomic E-state index is -0.0180. The van der Waals surface area contributed by atoms with Gasteiger partial charge >= 0.3 is 63.9 Å². The molecule has 0 unspecified atom stereocenters. The van der Waals surface area contributed by atoms with Crippen molar-refractivity contribution in [1.29, 1.82) is 0 Å². The summed E-state index contributed by atoms with van der Waals surface area (Å²) in [5, 5.41) is 0. The van der Waals surface area contributed by atoms with Crippen LogP contribution < -0.4 is 0 Å². The summed E-state index contributed by atoms with van der Waals surface area (Å²) >= 11 is 1.69. The zero-order chi connectivity index (χ0) is 6.69. The van der Waals surface area contributed by atoms with Gasteiger partial charge in [0.1, 0.15) is 0 Å². The molecule has 0 fully saturated rings. The number of nitrogens with zero attached hydrogens (tertiary/aromatic N) is 1.